The van der Waals surface area contributed by atoms with Crippen molar-refractivity contribution in [2.24, 2.45) is 17.8 Å². The number of halogens is 1. The normalized spacial score (nSPS) is 36.2. The van der Waals surface area contributed by atoms with Crippen LogP contribution in [0.25, 0.3) is 0 Å². The van der Waals surface area contributed by atoms with Gasteiger partial charge in [0.15, 0.2) is 0 Å². The van der Waals surface area contributed by atoms with E-state index in [1.807, 2.05) is 0 Å². The van der Waals surface area contributed by atoms with E-state index < -0.39 is 0 Å². The molecule has 12 heavy (non-hydrogen) atoms. The first-order valence-corrected chi connectivity index (χ1v) is 6.26. The topological polar surface area (TPSA) is 0 Å². The van der Waals surface area contributed by atoms with Crippen molar-refractivity contribution in [2.75, 3.05) is 0 Å². The van der Waals surface area contributed by atoms with E-state index in [1.54, 1.807) is 0 Å². The number of alkyl halides is 1. The van der Waals surface area contributed by atoms with Gasteiger partial charge in [-0.05, 0) is 30.6 Å². The van der Waals surface area contributed by atoms with Gasteiger partial charge in [0.2, 0.25) is 0 Å². The van der Waals surface area contributed by atoms with Crippen LogP contribution in [-0.4, -0.2) is 4.83 Å². The van der Waals surface area contributed by atoms with Crippen LogP contribution >= 0.6 is 15.9 Å². The van der Waals surface area contributed by atoms with Crippen molar-refractivity contribution in [3.8, 4) is 0 Å². The average molecular weight is 233 g/mol. The first-order chi connectivity index (χ1) is 5.70. The van der Waals surface area contributed by atoms with E-state index >= 15 is 0 Å². The van der Waals surface area contributed by atoms with Crippen molar-refractivity contribution in [3.63, 3.8) is 0 Å². The zero-order valence-corrected chi connectivity index (χ0v) is 10.1. The maximum atomic E-state index is 3.77. The Balaban J connectivity index is 2.51. The summed E-state index contributed by atoms with van der Waals surface area (Å²) < 4.78 is 0. The molecule has 0 bridgehead atoms. The van der Waals surface area contributed by atoms with Gasteiger partial charge in [-0.3, -0.25) is 0 Å². The predicted molar refractivity (Wildman–Crippen MR) is 58.7 cm³/mol. The molecule has 1 heteroatoms. The molecule has 0 aliphatic heterocycles. The molecule has 0 heterocycles. The Kier molecular flexibility index (Phi) is 4.09. The van der Waals surface area contributed by atoms with Crippen LogP contribution in [0.15, 0.2) is 0 Å². The van der Waals surface area contributed by atoms with Crippen molar-refractivity contribution >= 4 is 15.9 Å². The molecule has 0 saturated heterocycles. The highest BCUT2D eigenvalue weighted by molar-refractivity contribution is 9.09. The van der Waals surface area contributed by atoms with Gasteiger partial charge in [-0.15, -0.1) is 0 Å². The van der Waals surface area contributed by atoms with Gasteiger partial charge in [0.05, 0.1) is 0 Å². The third kappa shape index (κ3) is 2.04. The summed E-state index contributed by atoms with van der Waals surface area (Å²) in [6.07, 6.45) is 5.57. The van der Waals surface area contributed by atoms with Crippen molar-refractivity contribution < 1.29 is 0 Å². The Bertz CT molecular complexity index is 129. The SMILES string of the molecule is CCC(CC)C1CCC(Br)C1C. The van der Waals surface area contributed by atoms with Gasteiger partial charge in [-0.25, -0.2) is 0 Å². The molecule has 1 aliphatic carbocycles. The van der Waals surface area contributed by atoms with E-state index in [0.717, 1.165) is 22.6 Å². The molecule has 0 spiro atoms. The Labute approximate surface area is 85.3 Å². The number of hydrogen-bond donors (Lipinski definition) is 0. The van der Waals surface area contributed by atoms with Gasteiger partial charge in [-0.2, -0.15) is 0 Å². The minimum absolute atomic E-state index is 0.795. The molecule has 1 aliphatic rings. The van der Waals surface area contributed by atoms with Gasteiger partial charge in [-0.1, -0.05) is 49.5 Å². The molecule has 0 N–H and O–H groups in total. The van der Waals surface area contributed by atoms with Crippen LogP contribution in [0.4, 0.5) is 0 Å². The molecule has 0 aromatic rings. The van der Waals surface area contributed by atoms with Crippen LogP contribution in [0, 0.1) is 17.8 Å². The largest absolute Gasteiger partial charge is 0.0888 e. The summed E-state index contributed by atoms with van der Waals surface area (Å²) in [6.45, 7) is 7.08. The number of hydrogen-bond acceptors (Lipinski definition) is 0. The first-order valence-electron chi connectivity index (χ1n) is 5.34. The summed E-state index contributed by atoms with van der Waals surface area (Å²) in [4.78, 5) is 0.795. The van der Waals surface area contributed by atoms with E-state index in [2.05, 4.69) is 36.7 Å². The van der Waals surface area contributed by atoms with Crippen LogP contribution in [0.2, 0.25) is 0 Å². The highest BCUT2D eigenvalue weighted by atomic mass is 79.9. The lowest BCUT2D eigenvalue weighted by Crippen LogP contribution is -2.19. The lowest BCUT2D eigenvalue weighted by atomic mass is 9.82. The molecule has 0 aromatic carbocycles. The van der Waals surface area contributed by atoms with E-state index in [1.165, 1.54) is 25.7 Å². The minimum Gasteiger partial charge on any atom is -0.0888 e. The quantitative estimate of drug-likeness (QED) is 0.640. The molecule has 3 unspecified atom stereocenters. The molecule has 3 atom stereocenters. The van der Waals surface area contributed by atoms with Crippen LogP contribution in [-0.2, 0) is 0 Å². The maximum absolute atomic E-state index is 3.77. The second kappa shape index (κ2) is 4.64. The van der Waals surface area contributed by atoms with Crippen LogP contribution in [0.1, 0.15) is 46.5 Å². The molecular weight excluding hydrogens is 212 g/mol. The Hall–Kier alpha value is 0.480. The third-order valence-corrected chi connectivity index (χ3v) is 4.97. The summed E-state index contributed by atoms with van der Waals surface area (Å²) in [7, 11) is 0. The van der Waals surface area contributed by atoms with E-state index in [4.69, 9.17) is 0 Å². The standard InChI is InChI=1S/C11H21Br/c1-4-9(5-2)10-6-7-11(12)8(10)3/h8-11H,4-7H2,1-3H3. The Morgan fingerprint density at radius 1 is 1.25 bits per heavy atom. The molecule has 0 radical (unpaired) electrons. The maximum Gasteiger partial charge on any atom is 0.0174 e. The van der Waals surface area contributed by atoms with Gasteiger partial charge in [0.1, 0.15) is 0 Å². The van der Waals surface area contributed by atoms with Crippen LogP contribution in [0.5, 0.6) is 0 Å². The van der Waals surface area contributed by atoms with E-state index in [-0.39, 0.29) is 0 Å². The summed E-state index contributed by atoms with van der Waals surface area (Å²) in [5, 5.41) is 0. The van der Waals surface area contributed by atoms with Crippen molar-refractivity contribution in [1.29, 1.82) is 0 Å². The zero-order valence-electron chi connectivity index (χ0n) is 8.52. The lowest BCUT2D eigenvalue weighted by molar-refractivity contribution is 0.262. The summed E-state index contributed by atoms with van der Waals surface area (Å²) in [5.74, 6) is 2.86. The second-order valence-corrected chi connectivity index (χ2v) is 5.37. The highest BCUT2D eigenvalue weighted by Crippen LogP contribution is 2.42. The molecule has 1 saturated carbocycles. The average Bonchev–Trinajstić information content (AvgIpc) is 2.38. The summed E-state index contributed by atoms with van der Waals surface area (Å²) >= 11 is 3.77. The molecular formula is C11H21Br. The summed E-state index contributed by atoms with van der Waals surface area (Å²) in [5.41, 5.74) is 0. The van der Waals surface area contributed by atoms with E-state index in [0.29, 0.717) is 0 Å². The molecule has 72 valence electrons. The molecule has 1 fully saturated rings. The fraction of sp³-hybridized carbons (Fsp3) is 1.00. The van der Waals surface area contributed by atoms with Gasteiger partial charge >= 0.3 is 0 Å². The van der Waals surface area contributed by atoms with Crippen molar-refractivity contribution in [3.05, 3.63) is 0 Å². The van der Waals surface area contributed by atoms with Gasteiger partial charge < -0.3 is 0 Å². The zero-order chi connectivity index (χ0) is 9.14. The predicted octanol–water partition coefficient (Wildman–Crippen LogP) is 4.23. The van der Waals surface area contributed by atoms with Crippen molar-refractivity contribution in [2.45, 2.75) is 51.3 Å². The molecule has 1 rings (SSSR count). The molecule has 0 aromatic heterocycles. The molecule has 0 nitrogen and oxygen atoms in total. The minimum atomic E-state index is 0.795. The Morgan fingerprint density at radius 2 is 1.83 bits per heavy atom. The van der Waals surface area contributed by atoms with Gasteiger partial charge in [0.25, 0.3) is 0 Å². The van der Waals surface area contributed by atoms with E-state index in [9.17, 15) is 0 Å². The monoisotopic (exact) mass is 232 g/mol. The Morgan fingerprint density at radius 3 is 2.17 bits per heavy atom. The van der Waals surface area contributed by atoms with Gasteiger partial charge in [0, 0.05) is 4.83 Å². The third-order valence-electron chi connectivity index (χ3n) is 3.68. The van der Waals surface area contributed by atoms with Crippen LogP contribution < -0.4 is 0 Å². The van der Waals surface area contributed by atoms with Crippen molar-refractivity contribution in [1.82, 2.24) is 0 Å². The summed E-state index contributed by atoms with van der Waals surface area (Å²) in [6, 6.07) is 0. The fourth-order valence-corrected chi connectivity index (χ4v) is 3.36. The van der Waals surface area contributed by atoms with Crippen LogP contribution in [0.3, 0.4) is 0 Å². The lowest BCUT2D eigenvalue weighted by Gasteiger charge is -2.25. The highest BCUT2D eigenvalue weighted by Gasteiger charge is 2.34. The molecule has 0 amide bonds. The second-order valence-electron chi connectivity index (χ2n) is 4.19. The smallest absolute Gasteiger partial charge is 0.0174 e. The fourth-order valence-electron chi connectivity index (χ4n) is 2.70. The first kappa shape index (κ1) is 10.6. The number of rotatable bonds is 3.